The first-order valence-electron chi connectivity index (χ1n) is 5.92. The van der Waals surface area contributed by atoms with Crippen molar-refractivity contribution in [3.63, 3.8) is 0 Å². The lowest BCUT2D eigenvalue weighted by molar-refractivity contribution is -0.108. The molecule has 0 saturated carbocycles. The molecule has 0 amide bonds. The lowest BCUT2D eigenvalue weighted by Crippen LogP contribution is -2.09. The maximum atomic E-state index is 11.7. The van der Waals surface area contributed by atoms with Crippen molar-refractivity contribution in [3.05, 3.63) is 11.6 Å². The van der Waals surface area contributed by atoms with Crippen LogP contribution in [0, 0.1) is 5.92 Å². The fourth-order valence-electron chi connectivity index (χ4n) is 2.76. The molecule has 0 aromatic carbocycles. The molecule has 2 atom stereocenters. The van der Waals surface area contributed by atoms with E-state index in [1.165, 1.54) is 32.1 Å². The lowest BCUT2D eigenvalue weighted by Gasteiger charge is -2.22. The summed E-state index contributed by atoms with van der Waals surface area (Å²) in [4.78, 5) is 11.7. The van der Waals surface area contributed by atoms with Crippen LogP contribution >= 0.6 is 0 Å². The zero-order chi connectivity index (χ0) is 9.97. The summed E-state index contributed by atoms with van der Waals surface area (Å²) in [5, 5.41) is 0. The normalized spacial score (nSPS) is 30.9. The molecular weight excluding hydrogens is 171 g/mol. The molecule has 1 heterocycles. The van der Waals surface area contributed by atoms with E-state index in [1.54, 1.807) is 0 Å². The number of carbonyl (C=O) groups is 1. The molecule has 75 valence electrons. The highest BCUT2D eigenvalue weighted by atomic mass is 16.1. The molecule has 1 aliphatic carbocycles. The average molecular weight is 189 g/mol. The summed E-state index contributed by atoms with van der Waals surface area (Å²) in [7, 11) is 1.98. The van der Waals surface area contributed by atoms with Gasteiger partial charge in [0.2, 0.25) is 7.28 Å². The van der Waals surface area contributed by atoms with Gasteiger partial charge in [0.1, 0.15) is 5.68 Å². The average Bonchev–Trinajstić information content (AvgIpc) is 2.54. The van der Waals surface area contributed by atoms with E-state index in [0.29, 0.717) is 17.4 Å². The Labute approximate surface area is 87.2 Å². The van der Waals surface area contributed by atoms with Gasteiger partial charge in [-0.2, -0.15) is 0 Å². The Bertz CT molecular complexity index is 257. The molecule has 2 unspecified atom stereocenters. The van der Waals surface area contributed by atoms with Gasteiger partial charge in [0.15, 0.2) is 0 Å². The third-order valence-corrected chi connectivity index (χ3v) is 3.54. The first kappa shape index (κ1) is 10.0. The van der Waals surface area contributed by atoms with E-state index >= 15 is 0 Å². The van der Waals surface area contributed by atoms with Crippen molar-refractivity contribution < 1.29 is 4.79 Å². The molecule has 1 fully saturated rings. The summed E-state index contributed by atoms with van der Waals surface area (Å²) < 4.78 is 0. The Morgan fingerprint density at radius 2 is 2.43 bits per heavy atom. The van der Waals surface area contributed by atoms with Gasteiger partial charge in [0.25, 0.3) is 0 Å². The van der Waals surface area contributed by atoms with Gasteiger partial charge in [0.05, 0.1) is 0 Å². The minimum Gasteiger partial charge on any atom is -0.307 e. The number of rotatable bonds is 3. The molecule has 2 aliphatic rings. The van der Waals surface area contributed by atoms with Gasteiger partial charge in [-0.25, -0.2) is 0 Å². The van der Waals surface area contributed by atoms with Crippen LogP contribution in [0.2, 0.25) is 5.82 Å². The fourth-order valence-corrected chi connectivity index (χ4v) is 2.76. The van der Waals surface area contributed by atoms with Crippen molar-refractivity contribution in [2.45, 2.75) is 51.3 Å². The predicted molar refractivity (Wildman–Crippen MR) is 59.5 cm³/mol. The van der Waals surface area contributed by atoms with Gasteiger partial charge < -0.3 is 4.79 Å². The summed E-state index contributed by atoms with van der Waals surface area (Å²) in [6.07, 6.45) is 9.53. The lowest BCUT2D eigenvalue weighted by atomic mass is 9.62. The molecule has 1 nitrogen and oxygen atoms in total. The van der Waals surface area contributed by atoms with Crippen LogP contribution < -0.4 is 0 Å². The second kappa shape index (κ2) is 4.33. The SMILES string of the molecule is CCCCC1[B]C(=O)C2=CCCCC21. The highest BCUT2D eigenvalue weighted by Gasteiger charge is 2.38. The summed E-state index contributed by atoms with van der Waals surface area (Å²) in [6, 6.07) is 0. The highest BCUT2D eigenvalue weighted by Crippen LogP contribution is 2.42. The second-order valence-electron chi connectivity index (χ2n) is 4.53. The van der Waals surface area contributed by atoms with Gasteiger partial charge >= 0.3 is 0 Å². The molecule has 1 aliphatic heterocycles. The summed E-state index contributed by atoms with van der Waals surface area (Å²) in [5.41, 5.74) is 1.47. The molecule has 2 rings (SSSR count). The standard InChI is InChI=1S/C12H18BO/c1-2-3-8-11-9-6-4-5-7-10(9)12(14)13-11/h7,9,11H,2-6,8H2,1H3. The third-order valence-electron chi connectivity index (χ3n) is 3.54. The number of carbonyl (C=O) groups excluding carboxylic acids is 1. The Hall–Kier alpha value is -0.525. The van der Waals surface area contributed by atoms with Crippen LogP contribution in [0.3, 0.4) is 0 Å². The Kier molecular flexibility index (Phi) is 3.10. The first-order valence-corrected chi connectivity index (χ1v) is 5.92. The Morgan fingerprint density at radius 1 is 1.57 bits per heavy atom. The molecule has 1 radical (unpaired) electrons. The van der Waals surface area contributed by atoms with Crippen LogP contribution in [0.25, 0.3) is 0 Å². The monoisotopic (exact) mass is 189 g/mol. The van der Waals surface area contributed by atoms with Crippen molar-refractivity contribution in [3.8, 4) is 0 Å². The number of allylic oxidation sites excluding steroid dienone is 2. The van der Waals surface area contributed by atoms with Crippen molar-refractivity contribution in [2.75, 3.05) is 0 Å². The smallest absolute Gasteiger partial charge is 0.212 e. The van der Waals surface area contributed by atoms with Crippen molar-refractivity contribution >= 4 is 13.0 Å². The maximum absolute atomic E-state index is 11.7. The number of unbranched alkanes of at least 4 members (excludes halogenated alkanes) is 1. The fraction of sp³-hybridized carbons (Fsp3) is 0.750. The van der Waals surface area contributed by atoms with Crippen LogP contribution in [0.4, 0.5) is 0 Å². The molecule has 0 aromatic heterocycles. The van der Waals surface area contributed by atoms with Crippen LogP contribution in [-0.4, -0.2) is 13.0 Å². The molecule has 0 bridgehead atoms. The van der Waals surface area contributed by atoms with E-state index in [1.807, 2.05) is 7.28 Å². The number of hydrogen-bond acceptors (Lipinski definition) is 1. The molecule has 1 saturated heterocycles. The van der Waals surface area contributed by atoms with Crippen LogP contribution in [-0.2, 0) is 4.79 Å². The molecule has 2 heteroatoms. The molecule has 0 aromatic rings. The molecule has 14 heavy (non-hydrogen) atoms. The van der Waals surface area contributed by atoms with Crippen LogP contribution in [0.5, 0.6) is 0 Å². The van der Waals surface area contributed by atoms with Crippen LogP contribution in [0.1, 0.15) is 45.4 Å². The topological polar surface area (TPSA) is 17.1 Å². The molecule has 0 spiro atoms. The van der Waals surface area contributed by atoms with Crippen molar-refractivity contribution in [1.82, 2.24) is 0 Å². The largest absolute Gasteiger partial charge is 0.307 e. The summed E-state index contributed by atoms with van der Waals surface area (Å²) in [6.45, 7) is 2.22. The van der Waals surface area contributed by atoms with Crippen molar-refractivity contribution in [2.24, 2.45) is 5.92 Å². The zero-order valence-corrected chi connectivity index (χ0v) is 8.96. The van der Waals surface area contributed by atoms with Gasteiger partial charge in [-0.3, -0.25) is 0 Å². The maximum Gasteiger partial charge on any atom is 0.212 e. The van der Waals surface area contributed by atoms with E-state index < -0.39 is 0 Å². The number of fused-ring (bicyclic) bond motifs is 1. The van der Waals surface area contributed by atoms with Gasteiger partial charge in [0, 0.05) is 0 Å². The molecular formula is C12H18BO. The minimum absolute atomic E-state index is 0.329. The van der Waals surface area contributed by atoms with Crippen LogP contribution in [0.15, 0.2) is 11.6 Å². The van der Waals surface area contributed by atoms with E-state index in [4.69, 9.17) is 0 Å². The minimum atomic E-state index is 0.329. The summed E-state index contributed by atoms with van der Waals surface area (Å²) >= 11 is 0. The second-order valence-corrected chi connectivity index (χ2v) is 4.53. The van der Waals surface area contributed by atoms with E-state index in [-0.39, 0.29) is 0 Å². The number of hydrogen-bond donors (Lipinski definition) is 0. The zero-order valence-electron chi connectivity index (χ0n) is 8.96. The summed E-state index contributed by atoms with van der Waals surface area (Å²) in [5.74, 6) is 1.15. The van der Waals surface area contributed by atoms with Crippen molar-refractivity contribution in [1.29, 1.82) is 0 Å². The van der Waals surface area contributed by atoms with Gasteiger partial charge in [-0.15, -0.1) is 0 Å². The van der Waals surface area contributed by atoms with E-state index in [9.17, 15) is 4.79 Å². The third kappa shape index (κ3) is 1.80. The first-order chi connectivity index (χ1) is 6.83. The highest BCUT2D eigenvalue weighted by molar-refractivity contribution is 6.80. The van der Waals surface area contributed by atoms with E-state index in [0.717, 1.165) is 12.0 Å². The Morgan fingerprint density at radius 3 is 3.21 bits per heavy atom. The quantitative estimate of drug-likeness (QED) is 0.623. The molecule has 0 N–H and O–H groups in total. The van der Waals surface area contributed by atoms with Gasteiger partial charge in [-0.05, 0) is 30.8 Å². The van der Waals surface area contributed by atoms with Gasteiger partial charge in [-0.1, -0.05) is 38.1 Å². The Balaban J connectivity index is 2.04. The predicted octanol–water partition coefficient (Wildman–Crippen LogP) is 2.94. The van der Waals surface area contributed by atoms with E-state index in [2.05, 4.69) is 13.0 Å².